The fourth-order valence-corrected chi connectivity index (χ4v) is 5.04. The maximum Gasteiger partial charge on any atom is 0.174 e. The average Bonchev–Trinajstić information content (AvgIpc) is 3.29. The minimum absolute atomic E-state index is 0.271. The molecule has 0 saturated heterocycles. The van der Waals surface area contributed by atoms with E-state index in [0.717, 1.165) is 49.1 Å². The van der Waals surface area contributed by atoms with Crippen molar-refractivity contribution < 1.29 is 8.81 Å². The van der Waals surface area contributed by atoms with Gasteiger partial charge in [-0.3, -0.25) is 4.98 Å². The van der Waals surface area contributed by atoms with E-state index < -0.39 is 0 Å². The zero-order valence-electron chi connectivity index (χ0n) is 18.1. The standard InChI is InChI=1S/C31H18FNO/c32-29-23(27-18-19-8-1-2-9-20(19)21-10-3-4-11-22(21)27)15-16-25-24-12-7-13-26(30(24)34-31(25)29)28-14-5-6-17-33-28/h1-18H. The molecule has 2 heterocycles. The molecule has 0 radical (unpaired) electrons. The predicted molar refractivity (Wildman–Crippen MR) is 137 cm³/mol. The molecular formula is C31H18FNO. The van der Waals surface area contributed by atoms with Gasteiger partial charge in [-0.15, -0.1) is 0 Å². The Morgan fingerprint density at radius 1 is 0.529 bits per heavy atom. The highest BCUT2D eigenvalue weighted by Gasteiger charge is 2.20. The summed E-state index contributed by atoms with van der Waals surface area (Å²) < 4.78 is 22.4. The molecule has 5 aromatic carbocycles. The van der Waals surface area contributed by atoms with E-state index in [0.29, 0.717) is 11.1 Å². The third-order valence-electron chi connectivity index (χ3n) is 6.61. The van der Waals surface area contributed by atoms with E-state index in [4.69, 9.17) is 4.42 Å². The Balaban J connectivity index is 1.54. The van der Waals surface area contributed by atoms with Crippen LogP contribution in [0.25, 0.3) is 65.9 Å². The van der Waals surface area contributed by atoms with Gasteiger partial charge >= 0.3 is 0 Å². The molecule has 2 aromatic heterocycles. The van der Waals surface area contributed by atoms with Crippen LogP contribution in [0.4, 0.5) is 4.39 Å². The number of nitrogens with zero attached hydrogens (tertiary/aromatic N) is 1. The first-order valence-electron chi connectivity index (χ1n) is 11.3. The van der Waals surface area contributed by atoms with E-state index >= 15 is 4.39 Å². The van der Waals surface area contributed by atoms with Crippen LogP contribution in [0.1, 0.15) is 0 Å². The van der Waals surface area contributed by atoms with Crippen molar-refractivity contribution in [3.63, 3.8) is 0 Å². The monoisotopic (exact) mass is 439 g/mol. The lowest BCUT2D eigenvalue weighted by molar-refractivity contribution is 0.587. The maximum absolute atomic E-state index is 16.1. The highest BCUT2D eigenvalue weighted by molar-refractivity contribution is 6.15. The smallest absolute Gasteiger partial charge is 0.174 e. The SMILES string of the molecule is Fc1c(-c2cc3ccccc3c3ccccc23)ccc2c1oc1c(-c3ccccn3)cccc12. The number of hydrogen-bond donors (Lipinski definition) is 0. The van der Waals surface area contributed by atoms with E-state index in [1.54, 1.807) is 6.20 Å². The molecule has 0 N–H and O–H groups in total. The summed E-state index contributed by atoms with van der Waals surface area (Å²) in [7, 11) is 0. The van der Waals surface area contributed by atoms with E-state index in [9.17, 15) is 0 Å². The van der Waals surface area contributed by atoms with Crippen LogP contribution in [0, 0.1) is 5.82 Å². The second-order valence-electron chi connectivity index (χ2n) is 8.49. The molecule has 0 saturated carbocycles. The molecule has 0 atom stereocenters. The Bertz CT molecular complexity index is 1870. The molecule has 0 unspecified atom stereocenters. The molecular weight excluding hydrogens is 421 g/mol. The van der Waals surface area contributed by atoms with Crippen LogP contribution >= 0.6 is 0 Å². The lowest BCUT2D eigenvalue weighted by Gasteiger charge is -2.12. The van der Waals surface area contributed by atoms with Crippen LogP contribution in [0.3, 0.4) is 0 Å². The number of aromatic nitrogens is 1. The molecule has 0 bridgehead atoms. The first-order chi connectivity index (χ1) is 16.8. The van der Waals surface area contributed by atoms with Gasteiger partial charge in [-0.05, 0) is 57.4 Å². The number of fused-ring (bicyclic) bond motifs is 6. The van der Waals surface area contributed by atoms with Crippen LogP contribution in [0.5, 0.6) is 0 Å². The van der Waals surface area contributed by atoms with Crippen molar-refractivity contribution in [3.05, 3.63) is 115 Å². The summed E-state index contributed by atoms with van der Waals surface area (Å²) >= 11 is 0. The van der Waals surface area contributed by atoms with Gasteiger partial charge in [0.05, 0.1) is 5.69 Å². The predicted octanol–water partition coefficient (Wildman–Crippen LogP) is 8.76. The van der Waals surface area contributed by atoms with Gasteiger partial charge in [-0.2, -0.15) is 0 Å². The van der Waals surface area contributed by atoms with Gasteiger partial charge in [-0.25, -0.2) is 4.39 Å². The number of halogens is 1. The van der Waals surface area contributed by atoms with Gasteiger partial charge in [0.2, 0.25) is 0 Å². The van der Waals surface area contributed by atoms with Crippen LogP contribution in [0.2, 0.25) is 0 Å². The van der Waals surface area contributed by atoms with E-state index in [1.807, 2.05) is 72.8 Å². The molecule has 0 spiro atoms. The number of rotatable bonds is 2. The van der Waals surface area contributed by atoms with Crippen molar-refractivity contribution in [1.29, 1.82) is 0 Å². The van der Waals surface area contributed by atoms with Crippen LogP contribution in [-0.4, -0.2) is 4.98 Å². The molecule has 34 heavy (non-hydrogen) atoms. The molecule has 7 aromatic rings. The minimum atomic E-state index is -0.346. The Morgan fingerprint density at radius 3 is 2.12 bits per heavy atom. The summed E-state index contributed by atoms with van der Waals surface area (Å²) in [6.45, 7) is 0. The molecule has 0 aliphatic carbocycles. The van der Waals surface area contributed by atoms with Crippen molar-refractivity contribution in [2.24, 2.45) is 0 Å². The summed E-state index contributed by atoms with van der Waals surface area (Å²) in [5.74, 6) is -0.346. The first-order valence-corrected chi connectivity index (χ1v) is 11.3. The highest BCUT2D eigenvalue weighted by atomic mass is 19.1. The summed E-state index contributed by atoms with van der Waals surface area (Å²) in [5, 5.41) is 6.01. The minimum Gasteiger partial charge on any atom is -0.452 e. The third-order valence-corrected chi connectivity index (χ3v) is 6.61. The molecule has 3 heteroatoms. The lowest BCUT2D eigenvalue weighted by atomic mass is 9.92. The van der Waals surface area contributed by atoms with E-state index in [2.05, 4.69) is 35.3 Å². The zero-order valence-corrected chi connectivity index (χ0v) is 18.1. The largest absolute Gasteiger partial charge is 0.452 e. The molecule has 0 aliphatic heterocycles. The summed E-state index contributed by atoms with van der Waals surface area (Å²) in [6, 6.07) is 34.0. The number of furan rings is 1. The summed E-state index contributed by atoms with van der Waals surface area (Å²) in [6.07, 6.45) is 1.75. The van der Waals surface area contributed by atoms with Gasteiger partial charge < -0.3 is 4.42 Å². The maximum atomic E-state index is 16.1. The molecule has 0 aliphatic rings. The van der Waals surface area contributed by atoms with Gasteiger partial charge in [-0.1, -0.05) is 72.8 Å². The molecule has 7 rings (SSSR count). The quantitative estimate of drug-likeness (QED) is 0.252. The van der Waals surface area contributed by atoms with Crippen LogP contribution in [0.15, 0.2) is 114 Å². The lowest BCUT2D eigenvalue weighted by Crippen LogP contribution is -1.88. The number of hydrogen-bond acceptors (Lipinski definition) is 2. The molecule has 0 fully saturated rings. The number of benzene rings is 5. The van der Waals surface area contributed by atoms with E-state index in [-0.39, 0.29) is 11.4 Å². The second-order valence-corrected chi connectivity index (χ2v) is 8.49. The number of pyridine rings is 1. The Labute approximate surface area is 194 Å². The van der Waals surface area contributed by atoms with Crippen LogP contribution < -0.4 is 0 Å². The second kappa shape index (κ2) is 7.26. The summed E-state index contributed by atoms with van der Waals surface area (Å²) in [4.78, 5) is 4.47. The highest BCUT2D eigenvalue weighted by Crippen LogP contribution is 2.41. The van der Waals surface area contributed by atoms with Gasteiger partial charge in [0.15, 0.2) is 11.4 Å². The Kier molecular flexibility index (Phi) is 4.06. The van der Waals surface area contributed by atoms with Gasteiger partial charge in [0.1, 0.15) is 5.58 Å². The third kappa shape index (κ3) is 2.70. The first kappa shape index (κ1) is 19.0. The van der Waals surface area contributed by atoms with Gasteiger partial charge in [0.25, 0.3) is 0 Å². The van der Waals surface area contributed by atoms with Gasteiger partial charge in [0, 0.05) is 28.1 Å². The van der Waals surface area contributed by atoms with Crippen molar-refractivity contribution in [2.75, 3.05) is 0 Å². The van der Waals surface area contributed by atoms with E-state index in [1.165, 1.54) is 0 Å². The zero-order chi connectivity index (χ0) is 22.6. The average molecular weight is 439 g/mol. The fourth-order valence-electron chi connectivity index (χ4n) is 5.04. The Hall–Kier alpha value is -4.50. The Morgan fingerprint density at radius 2 is 1.26 bits per heavy atom. The van der Waals surface area contributed by atoms with Crippen molar-refractivity contribution >= 4 is 43.5 Å². The fraction of sp³-hybridized carbons (Fsp3) is 0. The topological polar surface area (TPSA) is 26.0 Å². The molecule has 160 valence electrons. The van der Waals surface area contributed by atoms with Crippen molar-refractivity contribution in [1.82, 2.24) is 4.98 Å². The summed E-state index contributed by atoms with van der Waals surface area (Å²) in [5.41, 5.74) is 3.97. The number of para-hydroxylation sites is 1. The molecule has 2 nitrogen and oxygen atoms in total. The van der Waals surface area contributed by atoms with Crippen molar-refractivity contribution in [3.8, 4) is 22.4 Å². The van der Waals surface area contributed by atoms with Crippen LogP contribution in [-0.2, 0) is 0 Å². The molecule has 0 amide bonds. The normalized spacial score (nSPS) is 11.7. The van der Waals surface area contributed by atoms with Crippen molar-refractivity contribution in [2.45, 2.75) is 0 Å².